The lowest BCUT2D eigenvalue weighted by Crippen LogP contribution is -2.09. The number of rotatable bonds is 9. The molecule has 4 aromatic rings. The molecule has 2 N–H and O–H groups in total. The van der Waals surface area contributed by atoms with Gasteiger partial charge in [0.15, 0.2) is 0 Å². The van der Waals surface area contributed by atoms with Gasteiger partial charge < -0.3 is 24.4 Å². The minimum Gasteiger partial charge on any atom is -0.490 e. The Balaban J connectivity index is 1.33. The van der Waals surface area contributed by atoms with Crippen molar-refractivity contribution in [1.29, 1.82) is 0 Å². The van der Waals surface area contributed by atoms with Crippen LogP contribution in [0.25, 0.3) is 21.5 Å². The van der Waals surface area contributed by atoms with E-state index in [1.807, 2.05) is 36.4 Å². The molecule has 0 saturated carbocycles. The van der Waals surface area contributed by atoms with E-state index < -0.39 is 11.9 Å². The van der Waals surface area contributed by atoms with E-state index in [-0.39, 0.29) is 18.8 Å². The second-order valence-corrected chi connectivity index (χ2v) is 7.31. The van der Waals surface area contributed by atoms with Gasteiger partial charge in [0, 0.05) is 0 Å². The molecule has 168 valence electrons. The average molecular weight is 446 g/mol. The van der Waals surface area contributed by atoms with Crippen LogP contribution in [-0.4, -0.2) is 48.6 Å². The lowest BCUT2D eigenvalue weighted by Gasteiger charge is -2.10. The molecule has 0 aliphatic rings. The number of hydrogen-bond donors (Lipinski definition) is 2. The minimum absolute atomic E-state index is 0.0312. The summed E-state index contributed by atoms with van der Waals surface area (Å²) in [5.41, 5.74) is 0.672. The molecule has 7 nitrogen and oxygen atoms in total. The van der Waals surface area contributed by atoms with Crippen molar-refractivity contribution in [2.24, 2.45) is 0 Å². The van der Waals surface area contributed by atoms with Gasteiger partial charge in [-0.15, -0.1) is 0 Å². The van der Waals surface area contributed by atoms with E-state index >= 15 is 0 Å². The second-order valence-electron chi connectivity index (χ2n) is 7.31. The molecule has 0 aliphatic carbocycles. The molecule has 0 amide bonds. The second kappa shape index (κ2) is 10.0. The van der Waals surface area contributed by atoms with E-state index in [0.29, 0.717) is 30.3 Å². The van der Waals surface area contributed by atoms with Gasteiger partial charge in [-0.25, -0.2) is 9.59 Å². The number of carbonyl (C=O) groups excluding carboxylic acids is 1. The number of fused-ring (bicyclic) bond motifs is 2. The molecule has 0 saturated heterocycles. The summed E-state index contributed by atoms with van der Waals surface area (Å²) in [4.78, 5) is 23.0. The molecule has 4 rings (SSSR count). The van der Waals surface area contributed by atoms with Crippen LogP contribution in [0, 0.1) is 0 Å². The maximum atomic E-state index is 11.9. The minimum atomic E-state index is -0.955. The predicted octanol–water partition coefficient (Wildman–Crippen LogP) is 4.30. The molecule has 33 heavy (non-hydrogen) atoms. The third-order valence-corrected chi connectivity index (χ3v) is 5.05. The van der Waals surface area contributed by atoms with Crippen LogP contribution in [0.5, 0.6) is 11.5 Å². The van der Waals surface area contributed by atoms with Crippen LogP contribution in [0.15, 0.2) is 72.8 Å². The third-order valence-electron chi connectivity index (χ3n) is 5.05. The standard InChI is InChI=1S/C26H22O7/c27-9-10-33-26(30)22-4-2-20-16-24(8-6-18(20)14-22)32-12-11-31-23-7-5-17-13-21(25(28)29)3-1-19(17)15-23/h1-8,13-16,27H,9-12H2,(H,28,29). The van der Waals surface area contributed by atoms with Crippen LogP contribution in [0.1, 0.15) is 20.7 Å². The van der Waals surface area contributed by atoms with Gasteiger partial charge in [0.25, 0.3) is 0 Å². The van der Waals surface area contributed by atoms with Gasteiger partial charge >= 0.3 is 11.9 Å². The van der Waals surface area contributed by atoms with Crippen LogP contribution >= 0.6 is 0 Å². The highest BCUT2D eigenvalue weighted by molar-refractivity contribution is 5.96. The van der Waals surface area contributed by atoms with Crippen molar-refractivity contribution in [3.8, 4) is 11.5 Å². The number of aliphatic hydroxyl groups is 1. The number of ether oxygens (including phenoxy) is 3. The fourth-order valence-electron chi connectivity index (χ4n) is 3.43. The zero-order chi connectivity index (χ0) is 23.2. The quantitative estimate of drug-likeness (QED) is 0.292. The Morgan fingerprint density at radius 2 is 1.12 bits per heavy atom. The largest absolute Gasteiger partial charge is 0.490 e. The molecular weight excluding hydrogens is 424 g/mol. The van der Waals surface area contributed by atoms with Crippen LogP contribution in [0.3, 0.4) is 0 Å². The first-order valence-electron chi connectivity index (χ1n) is 10.4. The molecule has 0 bridgehead atoms. The highest BCUT2D eigenvalue weighted by Crippen LogP contribution is 2.24. The van der Waals surface area contributed by atoms with E-state index in [4.69, 9.17) is 24.4 Å². The molecule has 0 radical (unpaired) electrons. The number of aliphatic hydroxyl groups excluding tert-OH is 1. The summed E-state index contributed by atoms with van der Waals surface area (Å²) in [6.07, 6.45) is 0. The van der Waals surface area contributed by atoms with Crippen molar-refractivity contribution >= 4 is 33.5 Å². The number of carboxylic acid groups (broad SMARTS) is 1. The van der Waals surface area contributed by atoms with Gasteiger partial charge in [-0.05, 0) is 70.1 Å². The van der Waals surface area contributed by atoms with Crippen LogP contribution in [0.4, 0.5) is 0 Å². The first-order chi connectivity index (χ1) is 16.0. The van der Waals surface area contributed by atoms with Gasteiger partial charge in [-0.1, -0.05) is 24.3 Å². The van der Waals surface area contributed by atoms with Crippen molar-refractivity contribution in [3.05, 3.63) is 83.9 Å². The van der Waals surface area contributed by atoms with Gasteiger partial charge in [0.2, 0.25) is 0 Å². The number of esters is 1. The Bertz CT molecular complexity index is 1310. The lowest BCUT2D eigenvalue weighted by molar-refractivity contribution is 0.0433. The number of hydrogen-bond acceptors (Lipinski definition) is 6. The molecule has 0 unspecified atom stereocenters. The average Bonchev–Trinajstić information content (AvgIpc) is 2.84. The molecule has 0 fully saturated rings. The molecule has 0 spiro atoms. The summed E-state index contributed by atoms with van der Waals surface area (Å²) < 4.78 is 16.5. The van der Waals surface area contributed by atoms with Crippen molar-refractivity contribution in [1.82, 2.24) is 0 Å². The van der Waals surface area contributed by atoms with E-state index in [2.05, 4.69) is 0 Å². The molecule has 0 atom stereocenters. The number of aromatic carboxylic acids is 1. The number of carbonyl (C=O) groups is 2. The van der Waals surface area contributed by atoms with Crippen LogP contribution in [-0.2, 0) is 4.74 Å². The summed E-state index contributed by atoms with van der Waals surface area (Å²) >= 11 is 0. The fraction of sp³-hybridized carbons (Fsp3) is 0.154. The third kappa shape index (κ3) is 5.39. The van der Waals surface area contributed by atoms with Gasteiger partial charge in [-0.3, -0.25) is 0 Å². The summed E-state index contributed by atoms with van der Waals surface area (Å²) in [7, 11) is 0. The Morgan fingerprint density at radius 3 is 1.67 bits per heavy atom. The van der Waals surface area contributed by atoms with Gasteiger partial charge in [0.1, 0.15) is 31.3 Å². The van der Waals surface area contributed by atoms with Crippen molar-refractivity contribution < 1.29 is 34.0 Å². The monoisotopic (exact) mass is 446 g/mol. The van der Waals surface area contributed by atoms with E-state index in [9.17, 15) is 9.59 Å². The summed E-state index contributed by atoms with van der Waals surface area (Å²) in [6.45, 7) is 0.439. The topological polar surface area (TPSA) is 102 Å². The van der Waals surface area contributed by atoms with Crippen LogP contribution in [0.2, 0.25) is 0 Å². The summed E-state index contributed by atoms with van der Waals surface area (Å²) in [5, 5.41) is 21.4. The molecule has 4 aromatic carbocycles. The summed E-state index contributed by atoms with van der Waals surface area (Å²) in [5.74, 6) is -0.0711. The Morgan fingerprint density at radius 1 is 0.636 bits per heavy atom. The lowest BCUT2D eigenvalue weighted by atomic mass is 10.1. The molecule has 7 heteroatoms. The van der Waals surface area contributed by atoms with Gasteiger partial charge in [0.05, 0.1) is 17.7 Å². The Labute approximate surface area is 189 Å². The highest BCUT2D eigenvalue weighted by Gasteiger charge is 2.08. The Kier molecular flexibility index (Phi) is 6.71. The van der Waals surface area contributed by atoms with Crippen molar-refractivity contribution in [2.45, 2.75) is 0 Å². The van der Waals surface area contributed by atoms with Gasteiger partial charge in [-0.2, -0.15) is 0 Å². The predicted molar refractivity (Wildman–Crippen MR) is 123 cm³/mol. The highest BCUT2D eigenvalue weighted by atomic mass is 16.5. The Hall–Kier alpha value is -4.10. The van der Waals surface area contributed by atoms with Crippen molar-refractivity contribution in [2.75, 3.05) is 26.4 Å². The van der Waals surface area contributed by atoms with Crippen molar-refractivity contribution in [3.63, 3.8) is 0 Å². The fourth-order valence-corrected chi connectivity index (χ4v) is 3.43. The molecule has 0 heterocycles. The smallest absolute Gasteiger partial charge is 0.338 e. The first kappa shape index (κ1) is 22.1. The van der Waals surface area contributed by atoms with E-state index in [1.165, 1.54) is 0 Å². The zero-order valence-corrected chi connectivity index (χ0v) is 17.7. The molecule has 0 aromatic heterocycles. The maximum absolute atomic E-state index is 11.9. The molecule has 0 aliphatic heterocycles. The zero-order valence-electron chi connectivity index (χ0n) is 17.7. The normalized spacial score (nSPS) is 10.8. The van der Waals surface area contributed by atoms with E-state index in [0.717, 1.165) is 21.5 Å². The van der Waals surface area contributed by atoms with Crippen LogP contribution < -0.4 is 9.47 Å². The molecular formula is C26H22O7. The number of carboxylic acids is 1. The SMILES string of the molecule is O=C(O)c1ccc2cc(OCCOc3ccc4cc(C(=O)OCCO)ccc4c3)ccc2c1. The maximum Gasteiger partial charge on any atom is 0.338 e. The number of benzene rings is 4. The summed E-state index contributed by atoms with van der Waals surface area (Å²) in [6, 6.07) is 21.2. The van der Waals surface area contributed by atoms with E-state index in [1.54, 1.807) is 36.4 Å². The first-order valence-corrected chi connectivity index (χ1v) is 10.4.